The van der Waals surface area contributed by atoms with Gasteiger partial charge in [0.05, 0.1) is 0 Å². The minimum Gasteiger partial charge on any atom is -0.476 e. The lowest BCUT2D eigenvalue weighted by Crippen LogP contribution is -2.59. The molecule has 0 aromatic carbocycles. The van der Waals surface area contributed by atoms with Crippen LogP contribution >= 0.6 is 11.3 Å². The molecule has 6 atom stereocenters. The van der Waals surface area contributed by atoms with Crippen molar-refractivity contribution in [3.05, 3.63) is 16.1 Å². The highest BCUT2D eigenvalue weighted by Gasteiger charge is 2.42. The summed E-state index contributed by atoms with van der Waals surface area (Å²) in [5, 5.41) is 14.3. The van der Waals surface area contributed by atoms with Gasteiger partial charge in [0, 0.05) is 37.9 Å². The van der Waals surface area contributed by atoms with Crippen LogP contribution in [-0.4, -0.2) is 80.6 Å². The minimum absolute atomic E-state index is 0.102. The molecule has 2 rings (SSSR count). The number of carbonyl (C=O) groups is 5. The number of likely N-dealkylation sites (tertiary alicyclic amines) is 1. The molecule has 0 bridgehead atoms. The van der Waals surface area contributed by atoms with Crippen LogP contribution in [0.4, 0.5) is 4.79 Å². The fourth-order valence-electron chi connectivity index (χ4n) is 6.16. The van der Waals surface area contributed by atoms with Crippen LogP contribution in [0, 0.1) is 23.7 Å². The summed E-state index contributed by atoms with van der Waals surface area (Å²) < 4.78 is 11.4. The fourth-order valence-corrected chi connectivity index (χ4v) is 6.99. The maximum Gasteiger partial charge on any atom is 0.411 e. The number of hydrogen-bond donors (Lipinski definition) is 2. The highest BCUT2D eigenvalue weighted by Crippen LogP contribution is 2.33. The summed E-state index contributed by atoms with van der Waals surface area (Å²) in [7, 11) is 0. The van der Waals surface area contributed by atoms with Gasteiger partial charge in [0.15, 0.2) is 11.8 Å². The molecule has 1 aromatic rings. The topological polar surface area (TPSA) is 155 Å². The first kappa shape index (κ1) is 41.9. The van der Waals surface area contributed by atoms with Crippen LogP contribution in [0.15, 0.2) is 5.38 Å². The van der Waals surface area contributed by atoms with E-state index in [1.807, 2.05) is 27.7 Å². The van der Waals surface area contributed by atoms with Gasteiger partial charge in [0.2, 0.25) is 11.8 Å². The van der Waals surface area contributed by atoms with Crippen molar-refractivity contribution in [2.75, 3.05) is 13.1 Å². The molecule has 12 nitrogen and oxygen atoms in total. The zero-order chi connectivity index (χ0) is 37.1. The van der Waals surface area contributed by atoms with Crippen LogP contribution < -0.4 is 5.32 Å². The molecule has 49 heavy (non-hydrogen) atoms. The van der Waals surface area contributed by atoms with Crippen LogP contribution in [0.3, 0.4) is 0 Å². The Kier molecular flexibility index (Phi) is 16.5. The second kappa shape index (κ2) is 19.2. The smallest absolute Gasteiger partial charge is 0.411 e. The average molecular weight is 709 g/mol. The van der Waals surface area contributed by atoms with E-state index in [0.29, 0.717) is 30.9 Å². The number of rotatable bonds is 17. The Hall–Kier alpha value is -3.22. The van der Waals surface area contributed by atoms with Crippen molar-refractivity contribution in [3.63, 3.8) is 0 Å². The number of thiazole rings is 1. The van der Waals surface area contributed by atoms with E-state index in [9.17, 15) is 29.1 Å². The second-order valence-corrected chi connectivity index (χ2v) is 15.7. The van der Waals surface area contributed by atoms with Crippen LogP contribution in [0.1, 0.15) is 142 Å². The first-order chi connectivity index (χ1) is 22.9. The number of ether oxygens (including phenoxy) is 2. The van der Waals surface area contributed by atoms with Gasteiger partial charge in [-0.15, -0.1) is 11.3 Å². The van der Waals surface area contributed by atoms with Crippen molar-refractivity contribution in [2.45, 2.75) is 145 Å². The van der Waals surface area contributed by atoms with Crippen LogP contribution in [0.5, 0.6) is 0 Å². The standard InChI is InChI=1S/C36H60N4O8S/c1-11-13-14-15-17-39(27(22(3)4)20-28(47-25(7)41)32-37-26(21-49-32)34(44)45)33(43)30(24(6)12-2)31(42)38-29-19-23(5)16-18-40(29)35(46)48-36(8,9)10/h21-24,27-30H,11-20H2,1-10H3,(H,38,42)(H,44,45)/t23-,24+,27-,28-,29-,30+/m1/s1. The Morgan fingerprint density at radius 1 is 1.12 bits per heavy atom. The normalized spacial score (nSPS) is 19.0. The van der Waals surface area contributed by atoms with Gasteiger partial charge in [0.1, 0.15) is 22.7 Å². The molecule has 1 fully saturated rings. The molecule has 1 aliphatic heterocycles. The zero-order valence-electron chi connectivity index (χ0n) is 31.2. The predicted molar refractivity (Wildman–Crippen MR) is 189 cm³/mol. The molecule has 0 spiro atoms. The molecule has 0 saturated carbocycles. The summed E-state index contributed by atoms with van der Waals surface area (Å²) in [6, 6.07) is -0.456. The molecule has 0 aliphatic carbocycles. The second-order valence-electron chi connectivity index (χ2n) is 14.8. The zero-order valence-corrected chi connectivity index (χ0v) is 32.1. The number of unbranched alkanes of at least 4 members (excludes halogenated alkanes) is 3. The number of nitrogens with zero attached hydrogens (tertiary/aromatic N) is 3. The summed E-state index contributed by atoms with van der Waals surface area (Å²) in [6.45, 7) is 19.5. The third-order valence-corrected chi connectivity index (χ3v) is 9.99. The van der Waals surface area contributed by atoms with Crippen LogP contribution in [-0.2, 0) is 23.9 Å². The third kappa shape index (κ3) is 12.9. The number of piperidine rings is 1. The van der Waals surface area contributed by atoms with Gasteiger partial charge in [0.25, 0.3) is 0 Å². The molecule has 3 amide bonds. The van der Waals surface area contributed by atoms with Crippen molar-refractivity contribution >= 4 is 41.2 Å². The van der Waals surface area contributed by atoms with Crippen molar-refractivity contribution in [2.24, 2.45) is 23.7 Å². The summed E-state index contributed by atoms with van der Waals surface area (Å²) in [4.78, 5) is 73.6. The van der Waals surface area contributed by atoms with E-state index in [1.54, 1.807) is 30.6 Å². The number of carboxylic acids is 1. The van der Waals surface area contributed by atoms with E-state index in [-0.39, 0.29) is 35.8 Å². The van der Waals surface area contributed by atoms with E-state index >= 15 is 0 Å². The molecule has 0 radical (unpaired) electrons. The third-order valence-electron chi connectivity index (χ3n) is 9.05. The number of aromatic nitrogens is 1. The lowest BCUT2D eigenvalue weighted by molar-refractivity contribution is -0.151. The SMILES string of the molecule is CCCCCCN(C(=O)[C@H](C(=O)N[C@H]1C[C@H](C)CCN1C(=O)OC(C)(C)C)[C@@H](C)CC)[C@H](C[C@@H](OC(C)=O)c1nc(C(=O)O)cs1)C(C)C. The molecule has 1 aliphatic rings. The van der Waals surface area contributed by atoms with Gasteiger partial charge in [-0.3, -0.25) is 19.3 Å². The number of carboxylic acid groups (broad SMARTS) is 1. The molecular weight excluding hydrogens is 648 g/mol. The molecule has 13 heteroatoms. The van der Waals surface area contributed by atoms with E-state index in [0.717, 1.165) is 43.4 Å². The van der Waals surface area contributed by atoms with Crippen molar-refractivity contribution < 1.29 is 38.6 Å². The van der Waals surface area contributed by atoms with Gasteiger partial charge in [-0.25, -0.2) is 14.6 Å². The maximum atomic E-state index is 14.8. The fraction of sp³-hybridized carbons (Fsp3) is 0.778. The molecule has 2 N–H and O–H groups in total. The Balaban J connectivity index is 2.51. The Morgan fingerprint density at radius 2 is 1.80 bits per heavy atom. The molecule has 1 aromatic heterocycles. The van der Waals surface area contributed by atoms with Crippen LogP contribution in [0.2, 0.25) is 0 Å². The van der Waals surface area contributed by atoms with Crippen molar-refractivity contribution in [1.82, 2.24) is 20.1 Å². The first-order valence-electron chi connectivity index (χ1n) is 17.9. The summed E-state index contributed by atoms with van der Waals surface area (Å²) >= 11 is 1.09. The van der Waals surface area contributed by atoms with Gasteiger partial charge in [-0.2, -0.15) is 0 Å². The number of nitrogens with one attached hydrogen (secondary N) is 1. The molecule has 2 heterocycles. The number of amides is 3. The van der Waals surface area contributed by atoms with Gasteiger partial charge in [-0.1, -0.05) is 67.2 Å². The quantitative estimate of drug-likeness (QED) is 0.0985. The largest absolute Gasteiger partial charge is 0.476 e. The average Bonchev–Trinajstić information content (AvgIpc) is 3.49. The highest BCUT2D eigenvalue weighted by atomic mass is 32.1. The summed E-state index contributed by atoms with van der Waals surface area (Å²) in [5.41, 5.74) is -0.844. The highest BCUT2D eigenvalue weighted by molar-refractivity contribution is 7.09. The summed E-state index contributed by atoms with van der Waals surface area (Å²) in [5.74, 6) is -3.66. The lowest BCUT2D eigenvalue weighted by Gasteiger charge is -2.41. The minimum atomic E-state index is -1.18. The van der Waals surface area contributed by atoms with E-state index in [4.69, 9.17) is 9.47 Å². The molecule has 0 unspecified atom stereocenters. The number of aromatic carboxylic acids is 1. The first-order valence-corrected chi connectivity index (χ1v) is 18.7. The van der Waals surface area contributed by atoms with Crippen molar-refractivity contribution in [3.8, 4) is 0 Å². The van der Waals surface area contributed by atoms with Crippen LogP contribution in [0.25, 0.3) is 0 Å². The number of esters is 1. The van der Waals surface area contributed by atoms with Gasteiger partial charge >= 0.3 is 18.0 Å². The number of carbonyl (C=O) groups excluding carboxylic acids is 4. The monoisotopic (exact) mass is 708 g/mol. The Bertz CT molecular complexity index is 1260. The summed E-state index contributed by atoms with van der Waals surface area (Å²) in [6.07, 6.45) is 3.71. The Morgan fingerprint density at radius 3 is 2.33 bits per heavy atom. The van der Waals surface area contributed by atoms with E-state index in [1.165, 1.54) is 12.3 Å². The van der Waals surface area contributed by atoms with Crippen molar-refractivity contribution in [1.29, 1.82) is 0 Å². The molecule has 1 saturated heterocycles. The lowest BCUT2D eigenvalue weighted by atomic mass is 9.86. The van der Waals surface area contributed by atoms with Gasteiger partial charge < -0.3 is 24.8 Å². The van der Waals surface area contributed by atoms with E-state index in [2.05, 4.69) is 24.1 Å². The Labute approximate surface area is 296 Å². The molecule has 278 valence electrons. The number of hydrogen-bond acceptors (Lipinski definition) is 9. The van der Waals surface area contributed by atoms with Gasteiger partial charge in [-0.05, 0) is 57.8 Å². The predicted octanol–water partition coefficient (Wildman–Crippen LogP) is 7.04. The maximum absolute atomic E-state index is 14.8. The molecular formula is C36H60N4O8S. The van der Waals surface area contributed by atoms with E-state index < -0.39 is 53.8 Å².